The molecule has 0 unspecified atom stereocenters. The van der Waals surface area contributed by atoms with Crippen LogP contribution in [0.1, 0.15) is 26.3 Å². The summed E-state index contributed by atoms with van der Waals surface area (Å²) >= 11 is 0. The Morgan fingerprint density at radius 3 is 2.48 bits per heavy atom. The molecule has 138 valence electrons. The van der Waals surface area contributed by atoms with E-state index < -0.39 is 12.0 Å². The maximum Gasteiger partial charge on any atom is 0.337 e. The predicted octanol–water partition coefficient (Wildman–Crippen LogP) is 1.78. The standard InChI is InChI=1S/C19H17N3O5/c1-27-18(25)13-5-7-15(8-6-13)21-17(24)14-4-2-3-12(9-14)11-22-16(23)10-20-19(22)26/h2-9H,10-11H2,1H3,(H,20,26)(H,21,24). The largest absolute Gasteiger partial charge is 0.465 e. The third-order valence-corrected chi connectivity index (χ3v) is 4.03. The van der Waals surface area contributed by atoms with Crippen LogP contribution in [0.3, 0.4) is 0 Å². The van der Waals surface area contributed by atoms with Crippen LogP contribution >= 0.6 is 0 Å². The summed E-state index contributed by atoms with van der Waals surface area (Å²) in [5.74, 6) is -1.11. The maximum absolute atomic E-state index is 12.4. The minimum atomic E-state index is -0.457. The zero-order valence-corrected chi connectivity index (χ0v) is 14.5. The highest BCUT2D eigenvalue weighted by molar-refractivity contribution is 6.05. The van der Waals surface area contributed by atoms with Gasteiger partial charge in [0, 0.05) is 11.3 Å². The number of imide groups is 1. The highest BCUT2D eigenvalue weighted by atomic mass is 16.5. The van der Waals surface area contributed by atoms with Crippen LogP contribution in [0.4, 0.5) is 10.5 Å². The topological polar surface area (TPSA) is 105 Å². The lowest BCUT2D eigenvalue weighted by Gasteiger charge is -2.13. The molecule has 0 saturated carbocycles. The zero-order chi connectivity index (χ0) is 19.4. The number of urea groups is 1. The summed E-state index contributed by atoms with van der Waals surface area (Å²) in [6.45, 7) is 0.0835. The molecule has 8 nitrogen and oxygen atoms in total. The number of amides is 4. The number of methoxy groups -OCH3 is 1. The molecule has 27 heavy (non-hydrogen) atoms. The molecule has 0 bridgehead atoms. The summed E-state index contributed by atoms with van der Waals surface area (Å²) in [5, 5.41) is 5.18. The van der Waals surface area contributed by atoms with Crippen molar-refractivity contribution in [1.82, 2.24) is 10.2 Å². The van der Waals surface area contributed by atoms with Crippen molar-refractivity contribution in [2.45, 2.75) is 6.54 Å². The number of carbonyl (C=O) groups excluding carboxylic acids is 4. The SMILES string of the molecule is COC(=O)c1ccc(NC(=O)c2cccc(CN3C(=O)CNC3=O)c2)cc1. The molecule has 4 amide bonds. The van der Waals surface area contributed by atoms with E-state index in [1.165, 1.54) is 7.11 Å². The molecule has 3 rings (SSSR count). The van der Waals surface area contributed by atoms with Crippen LogP contribution in [0.5, 0.6) is 0 Å². The number of hydrogen-bond acceptors (Lipinski definition) is 5. The van der Waals surface area contributed by atoms with Crippen LogP contribution in [-0.2, 0) is 16.1 Å². The van der Waals surface area contributed by atoms with E-state index in [0.29, 0.717) is 22.4 Å². The van der Waals surface area contributed by atoms with Gasteiger partial charge in [-0.3, -0.25) is 14.5 Å². The van der Waals surface area contributed by atoms with Crippen LogP contribution < -0.4 is 10.6 Å². The van der Waals surface area contributed by atoms with Gasteiger partial charge in [0.25, 0.3) is 5.91 Å². The van der Waals surface area contributed by atoms with Crippen LogP contribution in [0, 0.1) is 0 Å². The van der Waals surface area contributed by atoms with Gasteiger partial charge in [0.2, 0.25) is 5.91 Å². The Hall–Kier alpha value is -3.68. The van der Waals surface area contributed by atoms with E-state index in [9.17, 15) is 19.2 Å². The second-order valence-electron chi connectivity index (χ2n) is 5.86. The Morgan fingerprint density at radius 2 is 1.85 bits per heavy atom. The van der Waals surface area contributed by atoms with Gasteiger partial charge in [-0.2, -0.15) is 0 Å². The Morgan fingerprint density at radius 1 is 1.11 bits per heavy atom. The molecule has 2 N–H and O–H groups in total. The zero-order valence-electron chi connectivity index (χ0n) is 14.5. The first-order chi connectivity index (χ1) is 13.0. The van der Waals surface area contributed by atoms with E-state index >= 15 is 0 Å². The molecule has 1 heterocycles. The molecule has 8 heteroatoms. The highest BCUT2D eigenvalue weighted by Gasteiger charge is 2.28. The molecule has 1 aliphatic heterocycles. The van der Waals surface area contributed by atoms with Crippen molar-refractivity contribution < 1.29 is 23.9 Å². The van der Waals surface area contributed by atoms with Crippen molar-refractivity contribution in [3.05, 3.63) is 65.2 Å². The Bertz CT molecular complexity index is 892. The monoisotopic (exact) mass is 367 g/mol. The number of esters is 1. The number of ether oxygens (including phenoxy) is 1. The van der Waals surface area contributed by atoms with Crippen molar-refractivity contribution in [3.8, 4) is 0 Å². The van der Waals surface area contributed by atoms with Crippen LogP contribution in [-0.4, -0.2) is 42.4 Å². The van der Waals surface area contributed by atoms with E-state index in [1.54, 1.807) is 48.5 Å². The van der Waals surface area contributed by atoms with Crippen molar-refractivity contribution in [2.24, 2.45) is 0 Å². The fourth-order valence-corrected chi connectivity index (χ4v) is 2.62. The lowest BCUT2D eigenvalue weighted by atomic mass is 10.1. The molecule has 1 aliphatic rings. The van der Waals surface area contributed by atoms with Gasteiger partial charge in [-0.25, -0.2) is 9.59 Å². The van der Waals surface area contributed by atoms with Gasteiger partial charge in [0.15, 0.2) is 0 Å². The van der Waals surface area contributed by atoms with Crippen molar-refractivity contribution in [2.75, 3.05) is 19.0 Å². The number of anilines is 1. The third-order valence-electron chi connectivity index (χ3n) is 4.03. The average molecular weight is 367 g/mol. The first kappa shape index (κ1) is 18.1. The van der Waals surface area contributed by atoms with Gasteiger partial charge in [0.1, 0.15) is 0 Å². The van der Waals surface area contributed by atoms with Crippen molar-refractivity contribution in [3.63, 3.8) is 0 Å². The number of hydrogen-bond donors (Lipinski definition) is 2. The second kappa shape index (κ2) is 7.69. The van der Waals surface area contributed by atoms with Crippen LogP contribution in [0.2, 0.25) is 0 Å². The Kier molecular flexibility index (Phi) is 5.16. The Balaban J connectivity index is 1.69. The van der Waals surface area contributed by atoms with E-state index in [4.69, 9.17) is 0 Å². The molecule has 0 aliphatic carbocycles. The van der Waals surface area contributed by atoms with E-state index in [2.05, 4.69) is 15.4 Å². The van der Waals surface area contributed by atoms with E-state index in [1.807, 2.05) is 0 Å². The van der Waals surface area contributed by atoms with Gasteiger partial charge in [0.05, 0.1) is 25.8 Å². The van der Waals surface area contributed by atoms with Crippen molar-refractivity contribution in [1.29, 1.82) is 0 Å². The summed E-state index contributed by atoms with van der Waals surface area (Å²) in [5.41, 5.74) is 1.95. The first-order valence-electron chi connectivity index (χ1n) is 8.15. The quantitative estimate of drug-likeness (QED) is 0.619. The van der Waals surface area contributed by atoms with Crippen molar-refractivity contribution >= 4 is 29.5 Å². The molecule has 2 aromatic rings. The molecule has 2 aromatic carbocycles. The lowest BCUT2D eigenvalue weighted by molar-refractivity contribution is -0.125. The average Bonchev–Trinajstić information content (AvgIpc) is 3.00. The fraction of sp³-hybridized carbons (Fsp3) is 0.158. The van der Waals surface area contributed by atoms with Gasteiger partial charge in [-0.1, -0.05) is 12.1 Å². The molecular formula is C19H17N3O5. The smallest absolute Gasteiger partial charge is 0.337 e. The normalized spacial score (nSPS) is 13.3. The van der Waals surface area contributed by atoms with Crippen LogP contribution in [0.15, 0.2) is 48.5 Å². The first-order valence-corrected chi connectivity index (χ1v) is 8.15. The number of carbonyl (C=O) groups is 4. The summed E-state index contributed by atoms with van der Waals surface area (Å²) in [6, 6.07) is 12.5. The van der Waals surface area contributed by atoms with E-state index in [0.717, 1.165) is 4.90 Å². The molecule has 0 aromatic heterocycles. The summed E-state index contributed by atoms with van der Waals surface area (Å²) in [6.07, 6.45) is 0. The second-order valence-corrected chi connectivity index (χ2v) is 5.86. The summed E-state index contributed by atoms with van der Waals surface area (Å²) < 4.78 is 4.63. The molecule has 1 saturated heterocycles. The van der Waals surface area contributed by atoms with Gasteiger partial charge in [-0.05, 0) is 42.0 Å². The summed E-state index contributed by atoms with van der Waals surface area (Å²) in [4.78, 5) is 48.3. The van der Waals surface area contributed by atoms with Gasteiger partial charge >= 0.3 is 12.0 Å². The molecule has 0 atom stereocenters. The number of rotatable bonds is 5. The minimum absolute atomic E-state index is 0.0133. The molecular weight excluding hydrogens is 350 g/mol. The fourth-order valence-electron chi connectivity index (χ4n) is 2.62. The predicted molar refractivity (Wildman–Crippen MR) is 96.1 cm³/mol. The number of benzene rings is 2. The number of nitrogens with zero attached hydrogens (tertiary/aromatic N) is 1. The molecule has 1 fully saturated rings. The maximum atomic E-state index is 12.4. The van der Waals surface area contributed by atoms with Gasteiger partial charge in [-0.15, -0.1) is 0 Å². The highest BCUT2D eigenvalue weighted by Crippen LogP contribution is 2.15. The number of nitrogens with one attached hydrogen (secondary N) is 2. The van der Waals surface area contributed by atoms with Gasteiger partial charge < -0.3 is 15.4 Å². The minimum Gasteiger partial charge on any atom is -0.465 e. The van der Waals surface area contributed by atoms with E-state index in [-0.39, 0.29) is 24.9 Å². The van der Waals surface area contributed by atoms with Crippen LogP contribution in [0.25, 0.3) is 0 Å². The molecule has 0 spiro atoms. The third kappa shape index (κ3) is 4.12. The molecule has 0 radical (unpaired) electrons. The Labute approximate surface area is 155 Å². The lowest BCUT2D eigenvalue weighted by Crippen LogP contribution is -2.30. The summed E-state index contributed by atoms with van der Waals surface area (Å²) in [7, 11) is 1.30.